The molecule has 0 aliphatic carbocycles. The van der Waals surface area contributed by atoms with Crippen LogP contribution in [0.2, 0.25) is 0 Å². The minimum atomic E-state index is 0.839. The molecule has 0 aliphatic rings. The summed E-state index contributed by atoms with van der Waals surface area (Å²) in [5.74, 6) is 0. The van der Waals surface area contributed by atoms with Crippen molar-refractivity contribution in [3.8, 4) is 33.4 Å². The Bertz CT molecular complexity index is 3510. The van der Waals surface area contributed by atoms with Gasteiger partial charge in [0.25, 0.3) is 0 Å². The van der Waals surface area contributed by atoms with Gasteiger partial charge in [-0.25, -0.2) is 0 Å². The molecule has 0 aliphatic heterocycles. The summed E-state index contributed by atoms with van der Waals surface area (Å²) in [4.78, 5) is 2.48. The molecular formula is C54H33NO2S. The van der Waals surface area contributed by atoms with Crippen LogP contribution < -0.4 is 4.90 Å². The van der Waals surface area contributed by atoms with Crippen molar-refractivity contribution < 1.29 is 8.83 Å². The van der Waals surface area contributed by atoms with E-state index in [1.165, 1.54) is 20.2 Å². The fraction of sp³-hybridized carbons (Fsp3) is 0. The van der Waals surface area contributed by atoms with Gasteiger partial charge in [0, 0.05) is 36.5 Å². The minimum absolute atomic E-state index is 0.839. The summed E-state index contributed by atoms with van der Waals surface area (Å²) in [7, 11) is 0. The van der Waals surface area contributed by atoms with Crippen molar-refractivity contribution in [3.63, 3.8) is 0 Å². The van der Waals surface area contributed by atoms with Crippen LogP contribution in [0.4, 0.5) is 17.1 Å². The monoisotopic (exact) mass is 759 g/mol. The number of rotatable bonds is 6. The first kappa shape index (κ1) is 32.8. The summed E-state index contributed by atoms with van der Waals surface area (Å²) in [6.07, 6.45) is 0. The lowest BCUT2D eigenvalue weighted by Crippen LogP contribution is -2.11. The third-order valence-corrected chi connectivity index (χ3v) is 12.6. The van der Waals surface area contributed by atoms with E-state index >= 15 is 0 Å². The molecule has 0 bridgehead atoms. The molecule has 272 valence electrons. The third kappa shape index (κ3) is 5.12. The van der Waals surface area contributed by atoms with E-state index in [1.54, 1.807) is 0 Å². The van der Waals surface area contributed by atoms with Gasteiger partial charge in [-0.2, -0.15) is 0 Å². The first-order chi connectivity index (χ1) is 28.8. The van der Waals surface area contributed by atoms with Gasteiger partial charge in [-0.3, -0.25) is 0 Å². The predicted molar refractivity (Wildman–Crippen MR) is 245 cm³/mol. The average Bonchev–Trinajstić information content (AvgIpc) is 3.99. The highest BCUT2D eigenvalue weighted by molar-refractivity contribution is 7.26. The van der Waals surface area contributed by atoms with Gasteiger partial charge in [0.2, 0.25) is 0 Å². The van der Waals surface area contributed by atoms with Crippen molar-refractivity contribution in [2.75, 3.05) is 4.90 Å². The standard InChI is InChI=1S/C54H33NO2S/c1-4-15-34(16-5-1)37-27-28-41-47(32-37)57-54-39(36-19-8-3-9-20-36)29-30-44(53(41)54)55(43-23-14-26-50-52(43)42-22-11-13-25-49(42)58-50)45-31-38(35-17-6-2-7-18-35)33-48-51(45)40-21-10-12-24-46(40)56-48/h1-33H. The fourth-order valence-corrected chi connectivity index (χ4v) is 9.97. The Kier molecular flexibility index (Phi) is 7.40. The number of nitrogens with zero attached hydrogens (tertiary/aromatic N) is 1. The number of para-hydroxylation sites is 1. The van der Waals surface area contributed by atoms with Crippen molar-refractivity contribution in [2.24, 2.45) is 0 Å². The number of hydrogen-bond acceptors (Lipinski definition) is 4. The Hall–Kier alpha value is -7.40. The zero-order valence-electron chi connectivity index (χ0n) is 31.2. The van der Waals surface area contributed by atoms with E-state index in [0.717, 1.165) is 94.3 Å². The second-order valence-electron chi connectivity index (χ2n) is 14.8. The Balaban J connectivity index is 1.25. The van der Waals surface area contributed by atoms with Crippen molar-refractivity contribution in [3.05, 3.63) is 200 Å². The molecule has 0 unspecified atom stereocenters. The molecule has 0 spiro atoms. The SMILES string of the molecule is c1ccc(-c2ccc3c(c2)oc2c(-c4ccccc4)ccc(N(c4cc(-c5ccccc5)cc5oc6ccccc6c45)c4cccc5sc6ccccc6c45)c23)cc1. The lowest BCUT2D eigenvalue weighted by molar-refractivity contribution is 0.669. The maximum Gasteiger partial charge on any atom is 0.145 e. The van der Waals surface area contributed by atoms with Crippen LogP contribution in [0.15, 0.2) is 209 Å². The maximum absolute atomic E-state index is 7.10. The summed E-state index contributed by atoms with van der Waals surface area (Å²) >= 11 is 1.83. The summed E-state index contributed by atoms with van der Waals surface area (Å²) in [5, 5.41) is 6.69. The first-order valence-corrected chi connectivity index (χ1v) is 20.4. The predicted octanol–water partition coefficient (Wildman–Crippen LogP) is 16.3. The Labute approximate surface area is 338 Å². The Morgan fingerprint density at radius 1 is 0.328 bits per heavy atom. The molecule has 3 heterocycles. The molecule has 3 nitrogen and oxygen atoms in total. The molecule has 4 heteroatoms. The van der Waals surface area contributed by atoms with Gasteiger partial charge < -0.3 is 13.7 Å². The molecule has 9 aromatic carbocycles. The van der Waals surface area contributed by atoms with E-state index in [-0.39, 0.29) is 0 Å². The highest BCUT2D eigenvalue weighted by Gasteiger charge is 2.28. The third-order valence-electron chi connectivity index (χ3n) is 11.5. The normalized spacial score (nSPS) is 11.8. The van der Waals surface area contributed by atoms with Crippen LogP contribution >= 0.6 is 11.3 Å². The number of thiophene rings is 1. The van der Waals surface area contributed by atoms with Crippen molar-refractivity contribution in [1.82, 2.24) is 0 Å². The van der Waals surface area contributed by atoms with E-state index in [1.807, 2.05) is 17.4 Å². The van der Waals surface area contributed by atoms with E-state index in [4.69, 9.17) is 8.83 Å². The van der Waals surface area contributed by atoms with E-state index in [2.05, 4.69) is 199 Å². The molecule has 12 rings (SSSR count). The minimum Gasteiger partial charge on any atom is -0.456 e. The molecule has 0 atom stereocenters. The van der Waals surface area contributed by atoms with Crippen LogP contribution in [0.1, 0.15) is 0 Å². The van der Waals surface area contributed by atoms with Crippen LogP contribution in [0.25, 0.3) is 97.4 Å². The van der Waals surface area contributed by atoms with E-state index in [0.29, 0.717) is 0 Å². The average molecular weight is 760 g/mol. The highest BCUT2D eigenvalue weighted by Crippen LogP contribution is 2.53. The van der Waals surface area contributed by atoms with Gasteiger partial charge >= 0.3 is 0 Å². The summed E-state index contributed by atoms with van der Waals surface area (Å²) in [6.45, 7) is 0. The smallest absolute Gasteiger partial charge is 0.145 e. The second kappa shape index (κ2) is 13.1. The largest absolute Gasteiger partial charge is 0.456 e. The van der Waals surface area contributed by atoms with Gasteiger partial charge in [0.15, 0.2) is 0 Å². The lowest BCUT2D eigenvalue weighted by atomic mass is 9.97. The zero-order chi connectivity index (χ0) is 38.2. The molecule has 0 radical (unpaired) electrons. The molecule has 0 saturated carbocycles. The number of hydrogen-bond donors (Lipinski definition) is 0. The second-order valence-corrected chi connectivity index (χ2v) is 15.9. The number of benzene rings is 9. The van der Waals surface area contributed by atoms with Crippen molar-refractivity contribution in [2.45, 2.75) is 0 Å². The van der Waals surface area contributed by atoms with Gasteiger partial charge in [-0.15, -0.1) is 11.3 Å². The van der Waals surface area contributed by atoms with Crippen LogP contribution in [0, 0.1) is 0 Å². The van der Waals surface area contributed by atoms with Crippen LogP contribution in [-0.4, -0.2) is 0 Å². The summed E-state index contributed by atoms with van der Waals surface area (Å²) in [6, 6.07) is 71.3. The zero-order valence-corrected chi connectivity index (χ0v) is 32.0. The Morgan fingerprint density at radius 3 is 1.74 bits per heavy atom. The van der Waals surface area contributed by atoms with Gasteiger partial charge in [0.05, 0.1) is 27.8 Å². The molecule has 0 saturated heterocycles. The van der Waals surface area contributed by atoms with Crippen LogP contribution in [0.5, 0.6) is 0 Å². The molecule has 58 heavy (non-hydrogen) atoms. The van der Waals surface area contributed by atoms with Crippen LogP contribution in [0.3, 0.4) is 0 Å². The highest BCUT2D eigenvalue weighted by atomic mass is 32.1. The summed E-state index contributed by atoms with van der Waals surface area (Å²) in [5.41, 5.74) is 13.2. The van der Waals surface area contributed by atoms with Crippen molar-refractivity contribution in [1.29, 1.82) is 0 Å². The number of anilines is 3. The fourth-order valence-electron chi connectivity index (χ4n) is 8.84. The molecule has 0 amide bonds. The molecule has 3 aromatic heterocycles. The van der Waals surface area contributed by atoms with E-state index in [9.17, 15) is 0 Å². The number of furan rings is 2. The van der Waals surface area contributed by atoms with Gasteiger partial charge in [0.1, 0.15) is 22.3 Å². The molecular weight excluding hydrogens is 727 g/mol. The van der Waals surface area contributed by atoms with Gasteiger partial charge in [-0.05, 0) is 88.5 Å². The molecule has 0 fully saturated rings. The lowest BCUT2D eigenvalue weighted by Gasteiger charge is -2.29. The number of fused-ring (bicyclic) bond motifs is 9. The summed E-state index contributed by atoms with van der Waals surface area (Å²) < 4.78 is 16.3. The first-order valence-electron chi connectivity index (χ1n) is 19.6. The van der Waals surface area contributed by atoms with Crippen molar-refractivity contribution >= 4 is 92.4 Å². The molecule has 12 aromatic rings. The Morgan fingerprint density at radius 2 is 0.948 bits per heavy atom. The molecule has 0 N–H and O–H groups in total. The van der Waals surface area contributed by atoms with E-state index < -0.39 is 0 Å². The maximum atomic E-state index is 7.10. The topological polar surface area (TPSA) is 29.5 Å². The van der Waals surface area contributed by atoms with Crippen LogP contribution in [-0.2, 0) is 0 Å². The van der Waals surface area contributed by atoms with Gasteiger partial charge in [-0.1, -0.05) is 140 Å². The quantitative estimate of drug-likeness (QED) is 0.169.